The van der Waals surface area contributed by atoms with Crippen molar-refractivity contribution >= 4 is 17.3 Å². The molecule has 3 aromatic carbocycles. The predicted octanol–water partition coefficient (Wildman–Crippen LogP) is 5.48. The highest BCUT2D eigenvalue weighted by Crippen LogP contribution is 2.37. The van der Waals surface area contributed by atoms with Crippen molar-refractivity contribution in [1.29, 1.82) is 0 Å². The van der Waals surface area contributed by atoms with Crippen molar-refractivity contribution in [2.24, 2.45) is 0 Å². The van der Waals surface area contributed by atoms with Gasteiger partial charge in [-0.25, -0.2) is 0 Å². The predicted molar refractivity (Wildman–Crippen MR) is 130 cm³/mol. The van der Waals surface area contributed by atoms with Crippen LogP contribution in [0.15, 0.2) is 72.8 Å². The molecule has 1 aliphatic carbocycles. The minimum atomic E-state index is -0.154. The SMILES string of the molecule is COc1ccc(CNC2(c3ccc(C(=O)Nc4ccccc4N)cc3)CCCCC2)cc1. The number of hydrogen-bond acceptors (Lipinski definition) is 4. The Morgan fingerprint density at radius 3 is 2.28 bits per heavy atom. The van der Waals surface area contributed by atoms with Gasteiger partial charge in [-0.15, -0.1) is 0 Å². The van der Waals surface area contributed by atoms with Gasteiger partial charge in [0.25, 0.3) is 5.91 Å². The van der Waals surface area contributed by atoms with E-state index in [9.17, 15) is 4.79 Å². The molecule has 0 radical (unpaired) electrons. The Kier molecular flexibility index (Phi) is 6.76. The molecule has 1 aliphatic rings. The van der Waals surface area contributed by atoms with Crippen LogP contribution in [-0.2, 0) is 12.1 Å². The molecule has 1 amide bonds. The van der Waals surface area contributed by atoms with Gasteiger partial charge in [0.15, 0.2) is 0 Å². The maximum Gasteiger partial charge on any atom is 0.255 e. The summed E-state index contributed by atoms with van der Waals surface area (Å²) < 4.78 is 5.27. The molecule has 0 aromatic heterocycles. The van der Waals surface area contributed by atoms with Gasteiger partial charge in [0.05, 0.1) is 18.5 Å². The summed E-state index contributed by atoms with van der Waals surface area (Å²) in [6.07, 6.45) is 5.85. The van der Waals surface area contributed by atoms with Crippen molar-refractivity contribution in [1.82, 2.24) is 5.32 Å². The minimum absolute atomic E-state index is 0.0724. The third kappa shape index (κ3) is 4.94. The molecule has 0 bridgehead atoms. The summed E-state index contributed by atoms with van der Waals surface area (Å²) in [5, 5.41) is 6.74. The average Bonchev–Trinajstić information content (AvgIpc) is 2.85. The first kappa shape index (κ1) is 21.9. The molecule has 1 fully saturated rings. The zero-order valence-electron chi connectivity index (χ0n) is 18.6. The van der Waals surface area contributed by atoms with Gasteiger partial charge in [0, 0.05) is 17.6 Å². The number of carbonyl (C=O) groups is 1. The van der Waals surface area contributed by atoms with Crippen LogP contribution in [0.1, 0.15) is 53.6 Å². The highest BCUT2D eigenvalue weighted by Gasteiger charge is 2.33. The number of nitrogens with two attached hydrogens (primary N) is 1. The number of para-hydroxylation sites is 2. The second-order valence-electron chi connectivity index (χ2n) is 8.46. The van der Waals surface area contributed by atoms with E-state index in [0.29, 0.717) is 16.9 Å². The van der Waals surface area contributed by atoms with Crippen LogP contribution >= 0.6 is 0 Å². The Labute approximate surface area is 190 Å². The summed E-state index contributed by atoms with van der Waals surface area (Å²) in [5.74, 6) is 0.714. The van der Waals surface area contributed by atoms with Crippen molar-refractivity contribution in [3.05, 3.63) is 89.5 Å². The molecule has 5 nitrogen and oxygen atoms in total. The number of carbonyl (C=O) groups excluding carboxylic acids is 1. The molecule has 0 saturated heterocycles. The topological polar surface area (TPSA) is 76.4 Å². The average molecular weight is 430 g/mol. The normalized spacial score (nSPS) is 15.2. The summed E-state index contributed by atoms with van der Waals surface area (Å²) in [6.45, 7) is 0.791. The van der Waals surface area contributed by atoms with Gasteiger partial charge >= 0.3 is 0 Å². The molecule has 0 unspecified atom stereocenters. The van der Waals surface area contributed by atoms with Crippen LogP contribution in [0, 0.1) is 0 Å². The van der Waals surface area contributed by atoms with E-state index in [2.05, 4.69) is 34.9 Å². The molecule has 32 heavy (non-hydrogen) atoms. The highest BCUT2D eigenvalue weighted by molar-refractivity contribution is 6.05. The fraction of sp³-hybridized carbons (Fsp3) is 0.296. The first-order valence-corrected chi connectivity index (χ1v) is 11.2. The lowest BCUT2D eigenvalue weighted by Gasteiger charge is -2.39. The van der Waals surface area contributed by atoms with Crippen molar-refractivity contribution < 1.29 is 9.53 Å². The second-order valence-corrected chi connectivity index (χ2v) is 8.46. The number of nitrogen functional groups attached to an aromatic ring is 1. The Morgan fingerprint density at radius 1 is 0.938 bits per heavy atom. The Balaban J connectivity index is 1.49. The maximum absolute atomic E-state index is 12.7. The molecule has 0 spiro atoms. The van der Waals surface area contributed by atoms with Crippen molar-refractivity contribution in [2.45, 2.75) is 44.2 Å². The van der Waals surface area contributed by atoms with Crippen LogP contribution in [-0.4, -0.2) is 13.0 Å². The first-order chi connectivity index (χ1) is 15.6. The summed E-state index contributed by atoms with van der Waals surface area (Å²) in [5.41, 5.74) is 10.2. The molecule has 4 rings (SSSR count). The van der Waals surface area contributed by atoms with Crippen molar-refractivity contribution in [3.63, 3.8) is 0 Å². The first-order valence-electron chi connectivity index (χ1n) is 11.2. The summed E-state index contributed by atoms with van der Waals surface area (Å²) in [7, 11) is 1.68. The third-order valence-electron chi connectivity index (χ3n) is 6.41. The highest BCUT2D eigenvalue weighted by atomic mass is 16.5. The van der Waals surface area contributed by atoms with Crippen LogP contribution in [0.5, 0.6) is 5.75 Å². The zero-order valence-corrected chi connectivity index (χ0v) is 18.6. The molecule has 0 atom stereocenters. The fourth-order valence-corrected chi connectivity index (χ4v) is 4.48. The molecule has 0 heterocycles. The summed E-state index contributed by atoms with van der Waals surface area (Å²) >= 11 is 0. The lowest BCUT2D eigenvalue weighted by Crippen LogP contribution is -2.43. The van der Waals surface area contributed by atoms with E-state index in [1.54, 1.807) is 13.2 Å². The van der Waals surface area contributed by atoms with Crippen LogP contribution < -0.4 is 21.1 Å². The monoisotopic (exact) mass is 429 g/mol. The lowest BCUT2D eigenvalue weighted by molar-refractivity contribution is 0.102. The number of benzene rings is 3. The van der Waals surface area contributed by atoms with Crippen LogP contribution in [0.3, 0.4) is 0 Å². The number of anilines is 2. The lowest BCUT2D eigenvalue weighted by atomic mass is 9.76. The molecule has 0 aliphatic heterocycles. The van der Waals surface area contributed by atoms with Gasteiger partial charge in [-0.1, -0.05) is 55.7 Å². The largest absolute Gasteiger partial charge is 0.497 e. The number of ether oxygens (including phenoxy) is 1. The Bertz CT molecular complexity index is 1040. The van der Waals surface area contributed by atoms with Crippen LogP contribution in [0.4, 0.5) is 11.4 Å². The number of rotatable bonds is 7. The van der Waals surface area contributed by atoms with Gasteiger partial charge < -0.3 is 21.1 Å². The van der Waals surface area contributed by atoms with Gasteiger partial charge in [0.1, 0.15) is 5.75 Å². The number of hydrogen-bond donors (Lipinski definition) is 3. The third-order valence-corrected chi connectivity index (χ3v) is 6.41. The molecular formula is C27H31N3O2. The standard InChI is InChI=1S/C27H31N3O2/c1-32-23-15-9-20(10-16-23)19-29-27(17-5-2-6-18-27)22-13-11-21(12-14-22)26(31)30-25-8-4-3-7-24(25)28/h3-4,7-16,29H,2,5-6,17-19,28H2,1H3,(H,30,31). The molecule has 4 N–H and O–H groups in total. The second kappa shape index (κ2) is 9.88. The van der Waals surface area contributed by atoms with E-state index in [4.69, 9.17) is 10.5 Å². The molecule has 3 aromatic rings. The zero-order chi connectivity index (χ0) is 22.4. The van der Waals surface area contributed by atoms with Crippen molar-refractivity contribution in [3.8, 4) is 5.75 Å². The van der Waals surface area contributed by atoms with Gasteiger partial charge in [-0.2, -0.15) is 0 Å². The number of amides is 1. The smallest absolute Gasteiger partial charge is 0.255 e. The molecule has 166 valence electrons. The number of methoxy groups -OCH3 is 1. The van der Waals surface area contributed by atoms with E-state index < -0.39 is 0 Å². The quantitative estimate of drug-likeness (QED) is 0.435. The van der Waals surface area contributed by atoms with E-state index in [1.165, 1.54) is 30.4 Å². The number of nitrogens with one attached hydrogen (secondary N) is 2. The van der Waals surface area contributed by atoms with Crippen LogP contribution in [0.2, 0.25) is 0 Å². The van der Waals surface area contributed by atoms with Gasteiger partial charge in [-0.05, 0) is 60.4 Å². The van der Waals surface area contributed by atoms with E-state index in [0.717, 1.165) is 25.1 Å². The minimum Gasteiger partial charge on any atom is -0.497 e. The van der Waals surface area contributed by atoms with Crippen LogP contribution in [0.25, 0.3) is 0 Å². The molecule has 1 saturated carbocycles. The Hall–Kier alpha value is -3.31. The van der Waals surface area contributed by atoms with E-state index in [-0.39, 0.29) is 11.4 Å². The van der Waals surface area contributed by atoms with Crippen molar-refractivity contribution in [2.75, 3.05) is 18.2 Å². The van der Waals surface area contributed by atoms with Gasteiger partial charge in [0.2, 0.25) is 0 Å². The van der Waals surface area contributed by atoms with E-state index in [1.807, 2.05) is 42.5 Å². The summed E-state index contributed by atoms with van der Waals surface area (Å²) in [4.78, 5) is 12.7. The maximum atomic E-state index is 12.7. The molecular weight excluding hydrogens is 398 g/mol. The van der Waals surface area contributed by atoms with Gasteiger partial charge in [-0.3, -0.25) is 4.79 Å². The fourth-order valence-electron chi connectivity index (χ4n) is 4.48. The Morgan fingerprint density at radius 2 is 1.62 bits per heavy atom. The van der Waals surface area contributed by atoms with E-state index >= 15 is 0 Å². The summed E-state index contributed by atoms with van der Waals surface area (Å²) in [6, 6.07) is 23.5. The molecule has 5 heteroatoms.